The summed E-state index contributed by atoms with van der Waals surface area (Å²) in [5.41, 5.74) is 0.682. The van der Waals surface area contributed by atoms with Crippen LogP contribution in [-0.2, 0) is 4.74 Å². The Morgan fingerprint density at radius 2 is 2.09 bits per heavy atom. The van der Waals surface area contributed by atoms with E-state index < -0.39 is 30.2 Å². The van der Waals surface area contributed by atoms with Crippen molar-refractivity contribution in [3.05, 3.63) is 40.2 Å². The molecule has 7 heteroatoms. The molecule has 23 heavy (non-hydrogen) atoms. The van der Waals surface area contributed by atoms with Crippen LogP contribution in [-0.4, -0.2) is 46.5 Å². The second-order valence-electron chi connectivity index (χ2n) is 5.63. The SMILES string of the molecule is Cc1cc(=O)oc2cc(O[C@@H]3O[C@H](CO)C[C@H](O)[C@H]3O)ccc12. The molecule has 0 saturated carbocycles. The van der Waals surface area contributed by atoms with Crippen molar-refractivity contribution in [2.45, 2.75) is 37.9 Å². The third-order valence-electron chi connectivity index (χ3n) is 3.88. The second-order valence-corrected chi connectivity index (χ2v) is 5.63. The van der Waals surface area contributed by atoms with Crippen LogP contribution in [0.1, 0.15) is 12.0 Å². The van der Waals surface area contributed by atoms with Gasteiger partial charge in [0.15, 0.2) is 0 Å². The van der Waals surface area contributed by atoms with Gasteiger partial charge in [-0.05, 0) is 24.6 Å². The van der Waals surface area contributed by atoms with Crippen LogP contribution in [0.5, 0.6) is 5.75 Å². The number of rotatable bonds is 3. The minimum atomic E-state index is -1.24. The molecule has 0 aliphatic carbocycles. The van der Waals surface area contributed by atoms with Crippen molar-refractivity contribution in [2.75, 3.05) is 6.61 Å². The maximum Gasteiger partial charge on any atom is 0.336 e. The monoisotopic (exact) mass is 322 g/mol. The lowest BCUT2D eigenvalue weighted by Gasteiger charge is -2.36. The third-order valence-corrected chi connectivity index (χ3v) is 3.88. The van der Waals surface area contributed by atoms with E-state index in [9.17, 15) is 15.0 Å². The first-order chi connectivity index (χ1) is 11.0. The van der Waals surface area contributed by atoms with Crippen molar-refractivity contribution in [3.8, 4) is 5.75 Å². The molecular formula is C16H18O7. The van der Waals surface area contributed by atoms with Crippen LogP contribution in [0.15, 0.2) is 33.5 Å². The summed E-state index contributed by atoms with van der Waals surface area (Å²) in [6.07, 6.45) is -3.89. The van der Waals surface area contributed by atoms with Gasteiger partial charge in [0, 0.05) is 23.9 Å². The molecule has 1 aromatic carbocycles. The van der Waals surface area contributed by atoms with Gasteiger partial charge in [-0.15, -0.1) is 0 Å². The van der Waals surface area contributed by atoms with Crippen molar-refractivity contribution in [2.24, 2.45) is 0 Å². The lowest BCUT2D eigenvalue weighted by atomic mass is 10.0. The highest BCUT2D eigenvalue weighted by Crippen LogP contribution is 2.27. The molecule has 2 heterocycles. The Morgan fingerprint density at radius 1 is 1.30 bits per heavy atom. The molecule has 0 spiro atoms. The number of hydrogen-bond acceptors (Lipinski definition) is 7. The van der Waals surface area contributed by atoms with Crippen LogP contribution in [0.4, 0.5) is 0 Å². The highest BCUT2D eigenvalue weighted by atomic mass is 16.7. The Hall–Kier alpha value is -1.93. The van der Waals surface area contributed by atoms with E-state index >= 15 is 0 Å². The molecule has 124 valence electrons. The highest BCUT2D eigenvalue weighted by Gasteiger charge is 2.38. The molecule has 1 aliphatic heterocycles. The first-order valence-electron chi connectivity index (χ1n) is 7.31. The van der Waals surface area contributed by atoms with Crippen LogP contribution < -0.4 is 10.4 Å². The minimum Gasteiger partial charge on any atom is -0.462 e. The van der Waals surface area contributed by atoms with Gasteiger partial charge in [0.1, 0.15) is 17.4 Å². The fraction of sp³-hybridized carbons (Fsp3) is 0.438. The summed E-state index contributed by atoms with van der Waals surface area (Å²) in [7, 11) is 0. The molecule has 0 unspecified atom stereocenters. The van der Waals surface area contributed by atoms with Gasteiger partial charge >= 0.3 is 5.63 Å². The third kappa shape index (κ3) is 3.23. The van der Waals surface area contributed by atoms with E-state index in [-0.39, 0.29) is 13.0 Å². The van der Waals surface area contributed by atoms with Gasteiger partial charge in [-0.2, -0.15) is 0 Å². The Labute approximate surface area is 131 Å². The number of benzene rings is 1. The van der Waals surface area contributed by atoms with E-state index in [1.54, 1.807) is 19.1 Å². The normalized spacial score (nSPS) is 28.0. The van der Waals surface area contributed by atoms with E-state index in [4.69, 9.17) is 19.0 Å². The van der Waals surface area contributed by atoms with Gasteiger partial charge in [-0.1, -0.05) is 0 Å². The summed E-state index contributed by atoms with van der Waals surface area (Å²) in [5.74, 6) is 0.320. The van der Waals surface area contributed by atoms with Gasteiger partial charge in [0.05, 0.1) is 18.8 Å². The quantitative estimate of drug-likeness (QED) is 0.698. The van der Waals surface area contributed by atoms with Crippen molar-refractivity contribution >= 4 is 11.0 Å². The van der Waals surface area contributed by atoms with E-state index in [1.165, 1.54) is 12.1 Å². The lowest BCUT2D eigenvalue weighted by molar-refractivity contribution is -0.240. The molecule has 1 fully saturated rings. The molecule has 7 nitrogen and oxygen atoms in total. The summed E-state index contributed by atoms with van der Waals surface area (Å²) < 4.78 is 16.1. The zero-order valence-electron chi connectivity index (χ0n) is 12.5. The minimum absolute atomic E-state index is 0.128. The molecule has 1 saturated heterocycles. The zero-order valence-corrected chi connectivity index (χ0v) is 12.5. The number of aliphatic hydroxyl groups excluding tert-OH is 3. The Kier molecular flexibility index (Phi) is 4.36. The van der Waals surface area contributed by atoms with E-state index in [0.29, 0.717) is 11.3 Å². The number of aliphatic hydroxyl groups is 3. The topological polar surface area (TPSA) is 109 Å². The molecule has 4 atom stereocenters. The average molecular weight is 322 g/mol. The fourth-order valence-electron chi connectivity index (χ4n) is 2.64. The van der Waals surface area contributed by atoms with Gasteiger partial charge in [0.25, 0.3) is 0 Å². The van der Waals surface area contributed by atoms with E-state index in [1.807, 2.05) is 0 Å². The number of aryl methyl sites for hydroxylation is 1. The summed E-state index contributed by atoms with van der Waals surface area (Å²) in [6, 6.07) is 6.31. The average Bonchev–Trinajstić information content (AvgIpc) is 2.51. The maximum atomic E-state index is 11.4. The van der Waals surface area contributed by atoms with Crippen LogP contribution in [0, 0.1) is 6.92 Å². The summed E-state index contributed by atoms with van der Waals surface area (Å²) in [4.78, 5) is 11.4. The predicted octanol–water partition coefficient (Wildman–Crippen LogP) is 0.309. The zero-order chi connectivity index (χ0) is 16.6. The first-order valence-corrected chi connectivity index (χ1v) is 7.31. The lowest BCUT2D eigenvalue weighted by Crippen LogP contribution is -2.51. The molecule has 1 aromatic heterocycles. The summed E-state index contributed by atoms with van der Waals surface area (Å²) in [6.45, 7) is 1.52. The highest BCUT2D eigenvalue weighted by molar-refractivity contribution is 5.81. The predicted molar refractivity (Wildman–Crippen MR) is 80.2 cm³/mol. The molecule has 1 aliphatic rings. The molecular weight excluding hydrogens is 304 g/mol. The van der Waals surface area contributed by atoms with Crippen molar-refractivity contribution in [1.29, 1.82) is 0 Å². The van der Waals surface area contributed by atoms with E-state index in [2.05, 4.69) is 0 Å². The molecule has 0 radical (unpaired) electrons. The Morgan fingerprint density at radius 3 is 2.83 bits per heavy atom. The molecule has 0 bridgehead atoms. The Balaban J connectivity index is 1.87. The Bertz CT molecular complexity index is 754. The van der Waals surface area contributed by atoms with Crippen LogP contribution in [0.25, 0.3) is 11.0 Å². The van der Waals surface area contributed by atoms with Crippen LogP contribution in [0.3, 0.4) is 0 Å². The van der Waals surface area contributed by atoms with Crippen LogP contribution in [0.2, 0.25) is 0 Å². The van der Waals surface area contributed by atoms with Crippen molar-refractivity contribution < 1.29 is 29.2 Å². The fourth-order valence-corrected chi connectivity index (χ4v) is 2.64. The smallest absolute Gasteiger partial charge is 0.336 e. The van der Waals surface area contributed by atoms with E-state index in [0.717, 1.165) is 10.9 Å². The van der Waals surface area contributed by atoms with Gasteiger partial charge in [-0.25, -0.2) is 4.79 Å². The van der Waals surface area contributed by atoms with Crippen molar-refractivity contribution in [3.63, 3.8) is 0 Å². The maximum absolute atomic E-state index is 11.4. The van der Waals surface area contributed by atoms with Crippen LogP contribution >= 0.6 is 0 Å². The van der Waals surface area contributed by atoms with Gasteiger partial charge in [-0.3, -0.25) is 0 Å². The number of fused-ring (bicyclic) bond motifs is 1. The van der Waals surface area contributed by atoms with Gasteiger partial charge in [0.2, 0.25) is 6.29 Å². The molecule has 3 rings (SSSR count). The molecule has 0 amide bonds. The molecule has 2 aromatic rings. The number of hydrogen-bond donors (Lipinski definition) is 3. The summed E-state index contributed by atoms with van der Waals surface area (Å²) in [5, 5.41) is 29.7. The van der Waals surface area contributed by atoms with Gasteiger partial charge < -0.3 is 29.2 Å². The standard InChI is InChI=1S/C16H18O7/c1-8-4-14(19)23-13-6-9(2-3-11(8)13)21-16-15(20)12(18)5-10(7-17)22-16/h2-4,6,10,12,15-18,20H,5,7H2,1H3/t10-,12-,15+,16+/m0/s1. The van der Waals surface area contributed by atoms with Crippen molar-refractivity contribution in [1.82, 2.24) is 0 Å². The summed E-state index contributed by atoms with van der Waals surface area (Å²) >= 11 is 0. The number of ether oxygens (including phenoxy) is 2. The molecule has 3 N–H and O–H groups in total. The first kappa shape index (κ1) is 15.9. The largest absolute Gasteiger partial charge is 0.462 e. The second kappa shape index (κ2) is 6.29.